The molecule has 7 nitrogen and oxygen atoms in total. The highest BCUT2D eigenvalue weighted by Gasteiger charge is 2.47. The minimum atomic E-state index is -0.244. The summed E-state index contributed by atoms with van der Waals surface area (Å²) >= 11 is 0. The zero-order valence-electron chi connectivity index (χ0n) is 17.0. The Kier molecular flexibility index (Phi) is 4.41. The van der Waals surface area contributed by atoms with Gasteiger partial charge in [0.25, 0.3) is 0 Å². The molecule has 152 valence electrons. The molecule has 29 heavy (non-hydrogen) atoms. The molecule has 5 rings (SSSR count). The van der Waals surface area contributed by atoms with Crippen LogP contribution in [0, 0.1) is 19.8 Å². The van der Waals surface area contributed by atoms with Crippen LogP contribution in [0.3, 0.4) is 0 Å². The molecule has 0 unspecified atom stereocenters. The molecule has 0 spiro atoms. The predicted octanol–water partition coefficient (Wildman–Crippen LogP) is 2.64. The normalized spacial score (nSPS) is 29.0. The summed E-state index contributed by atoms with van der Waals surface area (Å²) in [5, 5.41) is 8.60. The number of rotatable bonds is 3. The lowest BCUT2D eigenvalue weighted by Crippen LogP contribution is -2.49. The fourth-order valence-electron chi connectivity index (χ4n) is 5.34. The lowest BCUT2D eigenvalue weighted by Gasteiger charge is -2.39. The molecule has 2 bridgehead atoms. The molecule has 3 saturated heterocycles. The number of nitrogens with zero attached hydrogens (tertiary/aromatic N) is 5. The molecule has 0 radical (unpaired) electrons. The number of benzene rings is 1. The van der Waals surface area contributed by atoms with Crippen molar-refractivity contribution in [3.05, 3.63) is 41.7 Å². The van der Waals surface area contributed by atoms with Gasteiger partial charge in [-0.1, -0.05) is 6.07 Å². The van der Waals surface area contributed by atoms with Gasteiger partial charge in [-0.3, -0.25) is 9.59 Å². The summed E-state index contributed by atoms with van der Waals surface area (Å²) in [7, 11) is 0. The predicted molar refractivity (Wildman–Crippen MR) is 108 cm³/mol. The summed E-state index contributed by atoms with van der Waals surface area (Å²) in [4.78, 5) is 31.8. The molecule has 3 aliphatic heterocycles. The fourth-order valence-corrected chi connectivity index (χ4v) is 5.34. The third-order valence-electron chi connectivity index (χ3n) is 7.00. The summed E-state index contributed by atoms with van der Waals surface area (Å²) in [6, 6.07) is 6.82. The molecule has 1 aromatic heterocycles. The Morgan fingerprint density at radius 2 is 1.69 bits per heavy atom. The van der Waals surface area contributed by atoms with Crippen molar-refractivity contribution in [2.75, 3.05) is 11.4 Å². The lowest BCUT2D eigenvalue weighted by molar-refractivity contribution is -0.140. The number of hydrogen-bond donors (Lipinski definition) is 0. The monoisotopic (exact) mass is 393 g/mol. The van der Waals surface area contributed by atoms with Crippen molar-refractivity contribution < 1.29 is 9.59 Å². The number of aryl methyl sites for hydroxylation is 2. The zero-order valence-corrected chi connectivity index (χ0v) is 17.0. The second-order valence-corrected chi connectivity index (χ2v) is 8.78. The third kappa shape index (κ3) is 3.12. The standard InChI is InChI=1S/C22H27N5O2/c1-14-3-4-17(9-15(14)2)25-13-16(10-21(25)28)22(29)26-18-5-6-19(26)12-20(11-18)27-23-7-8-24-27/h3-4,7-9,16,18-20H,5-6,10-13H2,1-2H3/t16-,18-,19-/m0/s1. The van der Waals surface area contributed by atoms with E-state index in [-0.39, 0.29) is 35.9 Å². The van der Waals surface area contributed by atoms with E-state index in [0.717, 1.165) is 36.9 Å². The number of amides is 2. The molecular weight excluding hydrogens is 366 g/mol. The Balaban J connectivity index is 1.30. The smallest absolute Gasteiger partial charge is 0.228 e. The van der Waals surface area contributed by atoms with Crippen LogP contribution in [0.2, 0.25) is 0 Å². The van der Waals surface area contributed by atoms with Crippen molar-refractivity contribution in [2.45, 2.75) is 64.1 Å². The number of anilines is 1. The highest BCUT2D eigenvalue weighted by Crippen LogP contribution is 2.42. The van der Waals surface area contributed by atoms with Crippen molar-refractivity contribution in [3.63, 3.8) is 0 Å². The van der Waals surface area contributed by atoms with Gasteiger partial charge in [-0.2, -0.15) is 15.0 Å². The Labute approximate surface area is 170 Å². The van der Waals surface area contributed by atoms with E-state index in [4.69, 9.17) is 0 Å². The number of aromatic nitrogens is 3. The van der Waals surface area contributed by atoms with E-state index in [2.05, 4.69) is 28.9 Å². The molecule has 3 atom stereocenters. The van der Waals surface area contributed by atoms with E-state index in [1.807, 2.05) is 18.2 Å². The first-order valence-corrected chi connectivity index (χ1v) is 10.6. The molecular formula is C22H27N5O2. The first kappa shape index (κ1) is 18.3. The van der Waals surface area contributed by atoms with Gasteiger partial charge < -0.3 is 9.80 Å². The third-order valence-corrected chi connectivity index (χ3v) is 7.00. The van der Waals surface area contributed by atoms with Crippen LogP contribution in [-0.4, -0.2) is 50.3 Å². The van der Waals surface area contributed by atoms with Crippen molar-refractivity contribution in [1.82, 2.24) is 19.9 Å². The minimum Gasteiger partial charge on any atom is -0.336 e. The molecule has 0 N–H and O–H groups in total. The highest BCUT2D eigenvalue weighted by atomic mass is 16.2. The number of carbonyl (C=O) groups excluding carboxylic acids is 2. The maximum Gasteiger partial charge on any atom is 0.228 e. The number of hydrogen-bond acceptors (Lipinski definition) is 4. The van der Waals surface area contributed by atoms with Crippen LogP contribution < -0.4 is 4.90 Å². The van der Waals surface area contributed by atoms with Crippen LogP contribution in [0.5, 0.6) is 0 Å². The van der Waals surface area contributed by atoms with E-state index in [9.17, 15) is 9.59 Å². The molecule has 2 aromatic rings. The minimum absolute atomic E-state index is 0.0505. The molecule has 3 aliphatic rings. The Hall–Kier alpha value is -2.70. The van der Waals surface area contributed by atoms with E-state index < -0.39 is 0 Å². The summed E-state index contributed by atoms with van der Waals surface area (Å²) < 4.78 is 0. The molecule has 2 amide bonds. The summed E-state index contributed by atoms with van der Waals surface area (Å²) in [5.41, 5.74) is 3.27. The average Bonchev–Trinajstić information content (AvgIpc) is 3.42. The Morgan fingerprint density at radius 1 is 1.00 bits per heavy atom. The lowest BCUT2D eigenvalue weighted by atomic mass is 9.95. The summed E-state index contributed by atoms with van der Waals surface area (Å²) in [6.07, 6.45) is 7.62. The highest BCUT2D eigenvalue weighted by molar-refractivity contribution is 6.00. The fraction of sp³-hybridized carbons (Fsp3) is 0.545. The number of fused-ring (bicyclic) bond motifs is 2. The van der Waals surface area contributed by atoms with Crippen LogP contribution >= 0.6 is 0 Å². The largest absolute Gasteiger partial charge is 0.336 e. The van der Waals surface area contributed by atoms with E-state index >= 15 is 0 Å². The van der Waals surface area contributed by atoms with Crippen molar-refractivity contribution in [3.8, 4) is 0 Å². The molecule has 4 heterocycles. The van der Waals surface area contributed by atoms with Gasteiger partial charge in [-0.05, 0) is 62.8 Å². The van der Waals surface area contributed by atoms with E-state index in [1.165, 1.54) is 5.56 Å². The van der Waals surface area contributed by atoms with Gasteiger partial charge in [0.1, 0.15) is 0 Å². The topological polar surface area (TPSA) is 71.3 Å². The van der Waals surface area contributed by atoms with Gasteiger partial charge in [0.05, 0.1) is 24.4 Å². The van der Waals surface area contributed by atoms with Crippen molar-refractivity contribution in [1.29, 1.82) is 0 Å². The van der Waals surface area contributed by atoms with Crippen LogP contribution in [0.25, 0.3) is 0 Å². The van der Waals surface area contributed by atoms with Crippen molar-refractivity contribution >= 4 is 17.5 Å². The molecule has 0 aliphatic carbocycles. The molecule has 1 aromatic carbocycles. The quantitative estimate of drug-likeness (QED) is 0.804. The van der Waals surface area contributed by atoms with Gasteiger partial charge in [-0.15, -0.1) is 0 Å². The summed E-state index contributed by atoms with van der Waals surface area (Å²) in [6.45, 7) is 4.61. The van der Waals surface area contributed by atoms with E-state index in [1.54, 1.807) is 22.1 Å². The first-order valence-electron chi connectivity index (χ1n) is 10.6. The molecule has 7 heteroatoms. The molecule has 3 fully saturated rings. The maximum atomic E-state index is 13.4. The van der Waals surface area contributed by atoms with Crippen LogP contribution in [-0.2, 0) is 9.59 Å². The Bertz CT molecular complexity index is 927. The number of piperidine rings is 1. The van der Waals surface area contributed by atoms with E-state index in [0.29, 0.717) is 13.0 Å². The average molecular weight is 393 g/mol. The van der Waals surface area contributed by atoms with Gasteiger partial charge >= 0.3 is 0 Å². The summed E-state index contributed by atoms with van der Waals surface area (Å²) in [5.74, 6) is -0.0368. The Morgan fingerprint density at radius 3 is 2.34 bits per heavy atom. The van der Waals surface area contributed by atoms with Gasteiger partial charge in [0.15, 0.2) is 0 Å². The van der Waals surface area contributed by atoms with Crippen LogP contribution in [0.1, 0.15) is 49.3 Å². The van der Waals surface area contributed by atoms with Gasteiger partial charge in [0.2, 0.25) is 11.8 Å². The maximum absolute atomic E-state index is 13.4. The van der Waals surface area contributed by atoms with Gasteiger partial charge in [-0.25, -0.2) is 0 Å². The first-order chi connectivity index (χ1) is 14.0. The second-order valence-electron chi connectivity index (χ2n) is 8.78. The number of carbonyl (C=O) groups is 2. The zero-order chi connectivity index (χ0) is 20.1. The van der Waals surface area contributed by atoms with Crippen LogP contribution in [0.4, 0.5) is 5.69 Å². The van der Waals surface area contributed by atoms with Crippen molar-refractivity contribution in [2.24, 2.45) is 5.92 Å². The van der Waals surface area contributed by atoms with Crippen LogP contribution in [0.15, 0.2) is 30.6 Å². The van der Waals surface area contributed by atoms with Gasteiger partial charge in [0, 0.05) is 30.7 Å². The SMILES string of the molecule is Cc1ccc(N2C[C@@H](C(=O)N3[C@H]4CC[C@H]3CC(n3nccn3)C4)CC2=O)cc1C. The molecule has 0 saturated carbocycles. The second kappa shape index (κ2) is 6.97.